The first kappa shape index (κ1) is 11.9. The molecule has 2 unspecified atom stereocenters. The molecule has 16 heavy (non-hydrogen) atoms. The van der Waals surface area contributed by atoms with E-state index in [2.05, 4.69) is 25.7 Å². The fourth-order valence-electron chi connectivity index (χ4n) is 4.08. The van der Waals surface area contributed by atoms with E-state index in [-0.39, 0.29) is 6.42 Å². The summed E-state index contributed by atoms with van der Waals surface area (Å²) in [6.07, 6.45) is 4.05. The topological polar surface area (TPSA) is 40.5 Å². The predicted molar refractivity (Wildman–Crippen MR) is 63.4 cm³/mol. The summed E-state index contributed by atoms with van der Waals surface area (Å²) in [5.41, 5.74) is 0.848. The number of aliphatic carboxylic acids is 1. The van der Waals surface area contributed by atoms with Crippen LogP contribution >= 0.6 is 0 Å². The Bertz CT molecular complexity index is 300. The molecule has 2 rings (SSSR count). The van der Waals surface area contributed by atoms with E-state index in [1.54, 1.807) is 0 Å². The first-order valence-corrected chi connectivity index (χ1v) is 6.26. The van der Waals surface area contributed by atoms with Gasteiger partial charge in [-0.25, -0.2) is 0 Å². The summed E-state index contributed by atoms with van der Waals surface area (Å²) in [4.78, 5) is 13.0. The normalized spacial score (nSPS) is 37.6. The van der Waals surface area contributed by atoms with Crippen LogP contribution in [0.4, 0.5) is 0 Å². The molecule has 0 spiro atoms. The monoisotopic (exact) mass is 225 g/mol. The van der Waals surface area contributed by atoms with Crippen LogP contribution in [0.3, 0.4) is 0 Å². The van der Waals surface area contributed by atoms with Gasteiger partial charge in [-0.1, -0.05) is 20.8 Å². The van der Waals surface area contributed by atoms with Crippen LogP contribution in [-0.4, -0.2) is 35.1 Å². The van der Waals surface area contributed by atoms with Crippen LogP contribution in [-0.2, 0) is 4.79 Å². The quantitative estimate of drug-likeness (QED) is 0.801. The molecule has 1 aliphatic carbocycles. The lowest BCUT2D eigenvalue weighted by atomic mass is 9.65. The van der Waals surface area contributed by atoms with Gasteiger partial charge in [-0.2, -0.15) is 0 Å². The Morgan fingerprint density at radius 2 is 2.06 bits per heavy atom. The Morgan fingerprint density at radius 3 is 2.69 bits per heavy atom. The summed E-state index contributed by atoms with van der Waals surface area (Å²) in [7, 11) is 0. The van der Waals surface area contributed by atoms with Crippen molar-refractivity contribution in [1.29, 1.82) is 0 Å². The second-order valence-electron chi connectivity index (χ2n) is 6.83. The highest BCUT2D eigenvalue weighted by molar-refractivity contribution is 5.66. The first-order chi connectivity index (χ1) is 7.30. The van der Waals surface area contributed by atoms with Crippen molar-refractivity contribution >= 4 is 5.97 Å². The third-order valence-electron chi connectivity index (χ3n) is 4.14. The van der Waals surface area contributed by atoms with Crippen LogP contribution < -0.4 is 0 Å². The molecular weight excluding hydrogens is 202 g/mol. The second kappa shape index (κ2) is 3.73. The number of carboxylic acids is 1. The van der Waals surface area contributed by atoms with Crippen molar-refractivity contribution in [2.24, 2.45) is 10.8 Å². The average molecular weight is 225 g/mol. The van der Waals surface area contributed by atoms with E-state index in [0.717, 1.165) is 13.1 Å². The Kier molecular flexibility index (Phi) is 2.77. The molecule has 0 aromatic heterocycles. The molecule has 0 radical (unpaired) electrons. The zero-order chi connectivity index (χ0) is 12.0. The lowest BCUT2D eigenvalue weighted by molar-refractivity contribution is -0.137. The molecule has 1 saturated heterocycles. The molecule has 3 nitrogen and oxygen atoms in total. The third kappa shape index (κ3) is 2.40. The zero-order valence-corrected chi connectivity index (χ0v) is 10.6. The lowest BCUT2D eigenvalue weighted by Gasteiger charge is -2.39. The summed E-state index contributed by atoms with van der Waals surface area (Å²) in [5.74, 6) is -0.675. The third-order valence-corrected chi connectivity index (χ3v) is 4.14. The van der Waals surface area contributed by atoms with Gasteiger partial charge in [0.15, 0.2) is 0 Å². The second-order valence-corrected chi connectivity index (χ2v) is 6.83. The molecular formula is C13H23NO2. The van der Waals surface area contributed by atoms with Gasteiger partial charge in [-0.15, -0.1) is 0 Å². The highest BCUT2D eigenvalue weighted by atomic mass is 16.4. The van der Waals surface area contributed by atoms with Gasteiger partial charge < -0.3 is 5.11 Å². The fourth-order valence-corrected chi connectivity index (χ4v) is 4.08. The lowest BCUT2D eigenvalue weighted by Crippen LogP contribution is -2.35. The van der Waals surface area contributed by atoms with E-state index < -0.39 is 5.97 Å². The molecule has 0 amide bonds. The molecule has 0 aromatic carbocycles. The highest BCUT2D eigenvalue weighted by Gasteiger charge is 2.49. The molecule has 2 aliphatic rings. The number of hydrogen-bond acceptors (Lipinski definition) is 2. The summed E-state index contributed by atoms with van der Waals surface area (Å²) >= 11 is 0. The van der Waals surface area contributed by atoms with Crippen molar-refractivity contribution in [1.82, 2.24) is 4.90 Å². The smallest absolute Gasteiger partial charge is 0.304 e. The fraction of sp³-hybridized carbons (Fsp3) is 0.923. The number of likely N-dealkylation sites (tertiary alicyclic amines) is 1. The van der Waals surface area contributed by atoms with E-state index in [0.29, 0.717) is 16.9 Å². The molecule has 2 bridgehead atoms. The van der Waals surface area contributed by atoms with E-state index in [4.69, 9.17) is 5.11 Å². The molecule has 1 heterocycles. The van der Waals surface area contributed by atoms with Crippen molar-refractivity contribution in [3.63, 3.8) is 0 Å². The van der Waals surface area contributed by atoms with Crippen LogP contribution in [0.15, 0.2) is 0 Å². The molecule has 3 heteroatoms. The van der Waals surface area contributed by atoms with Crippen molar-refractivity contribution < 1.29 is 9.90 Å². The first-order valence-electron chi connectivity index (χ1n) is 6.26. The van der Waals surface area contributed by atoms with Crippen LogP contribution in [0, 0.1) is 10.8 Å². The van der Waals surface area contributed by atoms with Gasteiger partial charge in [0, 0.05) is 19.1 Å². The summed E-state index contributed by atoms with van der Waals surface area (Å²) < 4.78 is 0. The Labute approximate surface area is 97.8 Å². The minimum absolute atomic E-state index is 0.285. The van der Waals surface area contributed by atoms with Crippen molar-refractivity contribution in [2.75, 3.05) is 13.1 Å². The number of hydrogen-bond donors (Lipinski definition) is 1. The maximum absolute atomic E-state index is 10.6. The standard InChI is InChI=1S/C13H23NO2/c1-12(2)6-10-7-13(3,8-12)9-14(10)5-4-11(15)16/h10H,4-9H2,1-3H3,(H,15,16). The largest absolute Gasteiger partial charge is 0.481 e. The summed E-state index contributed by atoms with van der Waals surface area (Å²) in [5, 5.41) is 8.75. The van der Waals surface area contributed by atoms with Crippen LogP contribution in [0.1, 0.15) is 46.5 Å². The molecule has 1 N–H and O–H groups in total. The minimum Gasteiger partial charge on any atom is -0.481 e. The highest BCUT2D eigenvalue weighted by Crippen LogP contribution is 2.52. The van der Waals surface area contributed by atoms with Gasteiger partial charge >= 0.3 is 5.97 Å². The van der Waals surface area contributed by atoms with Gasteiger partial charge in [0.25, 0.3) is 0 Å². The van der Waals surface area contributed by atoms with Crippen molar-refractivity contribution in [3.8, 4) is 0 Å². The van der Waals surface area contributed by atoms with Crippen LogP contribution in [0.25, 0.3) is 0 Å². The number of fused-ring (bicyclic) bond motifs is 2. The number of carbonyl (C=O) groups is 1. The Balaban J connectivity index is 2.02. The number of rotatable bonds is 3. The van der Waals surface area contributed by atoms with Gasteiger partial charge in [-0.3, -0.25) is 9.69 Å². The SMILES string of the molecule is CC1(C)CC2CC(C)(CN2CCC(=O)O)C1. The van der Waals surface area contributed by atoms with E-state index >= 15 is 0 Å². The molecule has 2 fully saturated rings. The molecule has 1 aliphatic heterocycles. The summed E-state index contributed by atoms with van der Waals surface area (Å²) in [6, 6.07) is 0.619. The van der Waals surface area contributed by atoms with E-state index in [9.17, 15) is 4.79 Å². The average Bonchev–Trinajstić information content (AvgIpc) is 2.31. The van der Waals surface area contributed by atoms with Gasteiger partial charge in [0.1, 0.15) is 0 Å². The Hall–Kier alpha value is -0.570. The van der Waals surface area contributed by atoms with E-state index in [1.165, 1.54) is 19.3 Å². The minimum atomic E-state index is -0.675. The van der Waals surface area contributed by atoms with Crippen molar-refractivity contribution in [3.05, 3.63) is 0 Å². The molecule has 1 saturated carbocycles. The van der Waals surface area contributed by atoms with Crippen molar-refractivity contribution in [2.45, 2.75) is 52.5 Å². The number of carboxylic acid groups (broad SMARTS) is 1. The molecule has 92 valence electrons. The Morgan fingerprint density at radius 1 is 1.38 bits per heavy atom. The van der Waals surface area contributed by atoms with Gasteiger partial charge in [-0.05, 0) is 30.1 Å². The van der Waals surface area contributed by atoms with Gasteiger partial charge in [0.05, 0.1) is 6.42 Å². The summed E-state index contributed by atoms with van der Waals surface area (Å²) in [6.45, 7) is 8.87. The van der Waals surface area contributed by atoms with E-state index in [1.807, 2.05) is 0 Å². The van der Waals surface area contributed by atoms with Crippen LogP contribution in [0.5, 0.6) is 0 Å². The molecule has 0 aromatic rings. The van der Waals surface area contributed by atoms with Crippen LogP contribution in [0.2, 0.25) is 0 Å². The number of nitrogens with zero attached hydrogens (tertiary/aromatic N) is 1. The maximum Gasteiger partial charge on any atom is 0.304 e. The zero-order valence-electron chi connectivity index (χ0n) is 10.6. The maximum atomic E-state index is 10.6. The van der Waals surface area contributed by atoms with Gasteiger partial charge in [0.2, 0.25) is 0 Å². The predicted octanol–water partition coefficient (Wildman–Crippen LogP) is 2.36. The molecule has 2 atom stereocenters.